The van der Waals surface area contributed by atoms with Crippen molar-refractivity contribution < 1.29 is 0 Å². The van der Waals surface area contributed by atoms with Gasteiger partial charge in [-0.25, -0.2) is 0 Å². The number of hydrogen-bond donors (Lipinski definition) is 1. The number of aliphatic imine (C=N–C) groups is 1. The van der Waals surface area contributed by atoms with Gasteiger partial charge in [0.25, 0.3) is 0 Å². The molecule has 0 amide bonds. The van der Waals surface area contributed by atoms with E-state index in [1.165, 1.54) is 38.5 Å². The van der Waals surface area contributed by atoms with Gasteiger partial charge in [-0.3, -0.25) is 4.99 Å². The molecular formula is C12H24N2. The van der Waals surface area contributed by atoms with Crippen molar-refractivity contribution in [3.8, 4) is 0 Å². The first-order valence-electron chi connectivity index (χ1n) is 6.07. The molecule has 0 heterocycles. The van der Waals surface area contributed by atoms with Gasteiger partial charge < -0.3 is 5.73 Å². The van der Waals surface area contributed by atoms with Gasteiger partial charge in [-0.1, -0.05) is 39.5 Å². The predicted molar refractivity (Wildman–Crippen MR) is 62.5 cm³/mol. The lowest BCUT2D eigenvalue weighted by Gasteiger charge is -2.12. The Kier molecular flexibility index (Phi) is 4.99. The number of nitrogens with zero attached hydrogens (tertiary/aromatic N) is 1. The first-order chi connectivity index (χ1) is 6.77. The molecule has 14 heavy (non-hydrogen) atoms. The second-order valence-corrected chi connectivity index (χ2v) is 4.43. The second-order valence-electron chi connectivity index (χ2n) is 4.43. The van der Waals surface area contributed by atoms with Crippen molar-refractivity contribution in [3.63, 3.8) is 0 Å². The van der Waals surface area contributed by atoms with Crippen LogP contribution in [0.5, 0.6) is 0 Å². The van der Waals surface area contributed by atoms with Crippen LogP contribution in [0.15, 0.2) is 4.99 Å². The van der Waals surface area contributed by atoms with Crippen LogP contribution in [0.25, 0.3) is 0 Å². The third-order valence-electron chi connectivity index (χ3n) is 3.46. The second kappa shape index (κ2) is 6.05. The molecule has 2 heteroatoms. The van der Waals surface area contributed by atoms with E-state index in [4.69, 9.17) is 5.73 Å². The lowest BCUT2D eigenvalue weighted by atomic mass is 10.0. The predicted octanol–water partition coefficient (Wildman–Crippen LogP) is 2.97. The van der Waals surface area contributed by atoms with Crippen LogP contribution in [-0.2, 0) is 0 Å². The molecule has 1 aliphatic carbocycles. The van der Waals surface area contributed by atoms with Crippen molar-refractivity contribution in [2.75, 3.05) is 6.54 Å². The van der Waals surface area contributed by atoms with Gasteiger partial charge in [-0.05, 0) is 18.8 Å². The highest BCUT2D eigenvalue weighted by molar-refractivity contribution is 5.83. The van der Waals surface area contributed by atoms with Crippen molar-refractivity contribution in [1.29, 1.82) is 0 Å². The van der Waals surface area contributed by atoms with Crippen LogP contribution in [0.2, 0.25) is 0 Å². The van der Waals surface area contributed by atoms with Crippen molar-refractivity contribution >= 4 is 5.84 Å². The molecule has 0 unspecified atom stereocenters. The first kappa shape index (κ1) is 11.5. The minimum Gasteiger partial charge on any atom is -0.387 e. The van der Waals surface area contributed by atoms with Gasteiger partial charge in [-0.2, -0.15) is 0 Å². The summed E-state index contributed by atoms with van der Waals surface area (Å²) in [6.07, 6.45) is 7.64. The maximum Gasteiger partial charge on any atom is 0.0968 e. The highest BCUT2D eigenvalue weighted by atomic mass is 14.9. The molecule has 0 aromatic rings. The zero-order chi connectivity index (χ0) is 10.4. The Bertz CT molecular complexity index is 177. The summed E-state index contributed by atoms with van der Waals surface area (Å²) in [7, 11) is 0. The van der Waals surface area contributed by atoms with E-state index in [0.29, 0.717) is 5.92 Å². The zero-order valence-corrected chi connectivity index (χ0v) is 9.63. The van der Waals surface area contributed by atoms with Crippen LogP contribution in [-0.4, -0.2) is 12.4 Å². The number of rotatable bonds is 5. The fourth-order valence-electron chi connectivity index (χ4n) is 2.13. The summed E-state index contributed by atoms with van der Waals surface area (Å²) >= 11 is 0. The molecule has 0 aromatic carbocycles. The molecule has 0 bridgehead atoms. The molecule has 1 rings (SSSR count). The molecule has 2 N–H and O–H groups in total. The molecule has 0 aliphatic heterocycles. The SMILES string of the molecule is CCC(CC)CN=C(N)C1CCCC1. The fraction of sp³-hybridized carbons (Fsp3) is 0.917. The third-order valence-corrected chi connectivity index (χ3v) is 3.46. The maximum absolute atomic E-state index is 5.99. The smallest absolute Gasteiger partial charge is 0.0968 e. The molecule has 0 radical (unpaired) electrons. The van der Waals surface area contributed by atoms with Crippen LogP contribution in [0.4, 0.5) is 0 Å². The normalized spacial score (nSPS) is 19.5. The Morgan fingerprint density at radius 1 is 1.29 bits per heavy atom. The van der Waals surface area contributed by atoms with E-state index < -0.39 is 0 Å². The van der Waals surface area contributed by atoms with E-state index >= 15 is 0 Å². The molecule has 1 saturated carbocycles. The summed E-state index contributed by atoms with van der Waals surface area (Å²) < 4.78 is 0. The Labute approximate surface area is 88.0 Å². The van der Waals surface area contributed by atoms with Crippen LogP contribution in [0.3, 0.4) is 0 Å². The number of amidine groups is 1. The lowest BCUT2D eigenvalue weighted by molar-refractivity contribution is 0.503. The monoisotopic (exact) mass is 196 g/mol. The van der Waals surface area contributed by atoms with Crippen LogP contribution < -0.4 is 5.73 Å². The van der Waals surface area contributed by atoms with E-state index in [1.807, 2.05) is 0 Å². The minimum absolute atomic E-state index is 0.601. The van der Waals surface area contributed by atoms with Crippen LogP contribution in [0, 0.1) is 11.8 Å². The summed E-state index contributed by atoms with van der Waals surface area (Å²) in [4.78, 5) is 4.54. The molecule has 1 aliphatic rings. The topological polar surface area (TPSA) is 38.4 Å². The van der Waals surface area contributed by atoms with Gasteiger partial charge in [0, 0.05) is 12.5 Å². The Balaban J connectivity index is 2.34. The first-order valence-corrected chi connectivity index (χ1v) is 6.07. The average Bonchev–Trinajstić information content (AvgIpc) is 2.72. The number of hydrogen-bond acceptors (Lipinski definition) is 1. The van der Waals surface area contributed by atoms with Gasteiger partial charge in [0.1, 0.15) is 0 Å². The molecule has 0 aromatic heterocycles. The van der Waals surface area contributed by atoms with E-state index in [2.05, 4.69) is 18.8 Å². The summed E-state index contributed by atoms with van der Waals surface area (Å²) in [5.41, 5.74) is 5.99. The van der Waals surface area contributed by atoms with E-state index in [0.717, 1.165) is 18.3 Å². The average molecular weight is 196 g/mol. The van der Waals surface area contributed by atoms with Gasteiger partial charge in [0.2, 0.25) is 0 Å². The Hall–Kier alpha value is -0.530. The highest BCUT2D eigenvalue weighted by Crippen LogP contribution is 2.24. The van der Waals surface area contributed by atoms with Crippen LogP contribution >= 0.6 is 0 Å². The van der Waals surface area contributed by atoms with Crippen molar-refractivity contribution in [1.82, 2.24) is 0 Å². The van der Waals surface area contributed by atoms with Gasteiger partial charge in [0.05, 0.1) is 5.84 Å². The third kappa shape index (κ3) is 3.32. The summed E-state index contributed by atoms with van der Waals surface area (Å²) in [5, 5.41) is 0. The highest BCUT2D eigenvalue weighted by Gasteiger charge is 2.18. The Morgan fingerprint density at radius 2 is 1.86 bits per heavy atom. The largest absolute Gasteiger partial charge is 0.387 e. The quantitative estimate of drug-likeness (QED) is 0.533. The lowest BCUT2D eigenvalue weighted by Crippen LogP contribution is -2.22. The summed E-state index contributed by atoms with van der Waals surface area (Å²) in [6.45, 7) is 5.40. The fourth-order valence-corrected chi connectivity index (χ4v) is 2.13. The van der Waals surface area contributed by atoms with Crippen molar-refractivity contribution in [2.24, 2.45) is 22.6 Å². The van der Waals surface area contributed by atoms with Crippen molar-refractivity contribution in [2.45, 2.75) is 52.4 Å². The molecule has 2 nitrogen and oxygen atoms in total. The summed E-state index contributed by atoms with van der Waals surface area (Å²) in [6, 6.07) is 0. The van der Waals surface area contributed by atoms with Gasteiger partial charge in [-0.15, -0.1) is 0 Å². The van der Waals surface area contributed by atoms with Gasteiger partial charge >= 0.3 is 0 Å². The summed E-state index contributed by atoms with van der Waals surface area (Å²) in [5.74, 6) is 2.26. The zero-order valence-electron chi connectivity index (χ0n) is 9.63. The molecule has 0 spiro atoms. The molecule has 82 valence electrons. The molecule has 1 fully saturated rings. The number of nitrogens with two attached hydrogens (primary N) is 1. The van der Waals surface area contributed by atoms with E-state index in [9.17, 15) is 0 Å². The van der Waals surface area contributed by atoms with Crippen molar-refractivity contribution in [3.05, 3.63) is 0 Å². The van der Waals surface area contributed by atoms with Gasteiger partial charge in [0.15, 0.2) is 0 Å². The molecule has 0 atom stereocenters. The van der Waals surface area contributed by atoms with E-state index in [-0.39, 0.29) is 0 Å². The molecular weight excluding hydrogens is 172 g/mol. The standard InChI is InChI=1S/C12H24N2/c1-3-10(4-2)9-14-12(13)11-7-5-6-8-11/h10-11H,3-9H2,1-2H3,(H2,13,14). The van der Waals surface area contributed by atoms with E-state index in [1.54, 1.807) is 0 Å². The van der Waals surface area contributed by atoms with Crippen LogP contribution in [0.1, 0.15) is 52.4 Å². The minimum atomic E-state index is 0.601. The molecule has 0 saturated heterocycles. The Morgan fingerprint density at radius 3 is 2.36 bits per heavy atom. The maximum atomic E-state index is 5.99.